The smallest absolute Gasteiger partial charge is 0.270 e. The van der Waals surface area contributed by atoms with Crippen LogP contribution >= 0.6 is 11.6 Å². The molecule has 1 heterocycles. The molecule has 0 spiro atoms. The Kier molecular flexibility index (Phi) is 6.29. The van der Waals surface area contributed by atoms with Gasteiger partial charge in [-0.3, -0.25) is 4.79 Å². The van der Waals surface area contributed by atoms with Crippen molar-refractivity contribution in [1.29, 1.82) is 0 Å². The van der Waals surface area contributed by atoms with E-state index in [0.29, 0.717) is 23.8 Å². The Morgan fingerprint density at radius 1 is 1.48 bits per heavy atom. The van der Waals surface area contributed by atoms with Crippen LogP contribution in [-0.4, -0.2) is 35.0 Å². The van der Waals surface area contributed by atoms with Gasteiger partial charge in [-0.25, -0.2) is 0 Å². The zero-order valence-electron chi connectivity index (χ0n) is 13.8. The number of carbonyl (C=O) groups excluding carboxylic acids is 1. The van der Waals surface area contributed by atoms with E-state index in [1.54, 1.807) is 6.07 Å². The zero-order valence-corrected chi connectivity index (χ0v) is 14.6. The molecule has 0 radical (unpaired) electrons. The molecule has 1 rings (SSSR count). The molecule has 0 aliphatic heterocycles. The molecule has 0 saturated carbocycles. The highest BCUT2D eigenvalue weighted by molar-refractivity contribution is 6.31. The third-order valence-corrected chi connectivity index (χ3v) is 3.75. The quantitative estimate of drug-likeness (QED) is 0.836. The molecule has 0 saturated heterocycles. The van der Waals surface area contributed by atoms with Gasteiger partial charge in [0.2, 0.25) is 0 Å². The first-order chi connectivity index (χ1) is 9.71. The van der Waals surface area contributed by atoms with Crippen molar-refractivity contribution in [1.82, 2.24) is 9.47 Å². The number of nitrogens with two attached hydrogens (primary N) is 1. The lowest BCUT2D eigenvalue weighted by atomic mass is 9.93. The molecule has 1 aromatic rings. The summed E-state index contributed by atoms with van der Waals surface area (Å²) in [6, 6.07) is 1.95. The van der Waals surface area contributed by atoms with Crippen LogP contribution in [0.4, 0.5) is 0 Å². The van der Waals surface area contributed by atoms with E-state index in [1.165, 1.54) is 0 Å². The fourth-order valence-electron chi connectivity index (χ4n) is 2.31. The summed E-state index contributed by atoms with van der Waals surface area (Å²) in [6.07, 6.45) is 2.74. The normalized spacial score (nSPS) is 12.0. The average molecular weight is 314 g/mol. The van der Waals surface area contributed by atoms with Gasteiger partial charge in [0.05, 0.1) is 5.02 Å². The Labute approximate surface area is 133 Å². The van der Waals surface area contributed by atoms with Crippen molar-refractivity contribution in [2.24, 2.45) is 11.1 Å². The topological polar surface area (TPSA) is 51.3 Å². The molecule has 0 aliphatic carbocycles. The SMILES string of the molecule is CCCN(CC(C)(C)CN)C(=O)c1cc(Cl)cn1C(C)C. The van der Waals surface area contributed by atoms with E-state index in [0.717, 1.165) is 13.0 Å². The molecule has 0 aromatic carbocycles. The molecule has 21 heavy (non-hydrogen) atoms. The van der Waals surface area contributed by atoms with E-state index in [1.807, 2.05) is 29.5 Å². The molecule has 0 fully saturated rings. The first-order valence-electron chi connectivity index (χ1n) is 7.58. The van der Waals surface area contributed by atoms with Gasteiger partial charge in [0.25, 0.3) is 5.91 Å². The molecule has 1 aromatic heterocycles. The first-order valence-corrected chi connectivity index (χ1v) is 7.96. The zero-order chi connectivity index (χ0) is 16.2. The second kappa shape index (κ2) is 7.32. The van der Waals surface area contributed by atoms with Gasteiger partial charge in [0.15, 0.2) is 0 Å². The molecule has 120 valence electrons. The molecular weight excluding hydrogens is 286 g/mol. The van der Waals surface area contributed by atoms with Gasteiger partial charge >= 0.3 is 0 Å². The molecule has 0 unspecified atom stereocenters. The van der Waals surface area contributed by atoms with Gasteiger partial charge in [-0.05, 0) is 38.3 Å². The van der Waals surface area contributed by atoms with Gasteiger partial charge in [-0.15, -0.1) is 0 Å². The Morgan fingerprint density at radius 2 is 2.10 bits per heavy atom. The summed E-state index contributed by atoms with van der Waals surface area (Å²) in [5.41, 5.74) is 6.36. The van der Waals surface area contributed by atoms with Gasteiger partial charge in [-0.1, -0.05) is 32.4 Å². The molecule has 5 heteroatoms. The van der Waals surface area contributed by atoms with Gasteiger partial charge in [0, 0.05) is 25.3 Å². The van der Waals surface area contributed by atoms with Crippen molar-refractivity contribution >= 4 is 17.5 Å². The van der Waals surface area contributed by atoms with Crippen molar-refractivity contribution in [3.63, 3.8) is 0 Å². The number of hydrogen-bond acceptors (Lipinski definition) is 2. The molecule has 0 atom stereocenters. The predicted octanol–water partition coefficient (Wildman–Crippen LogP) is 3.56. The monoisotopic (exact) mass is 313 g/mol. The summed E-state index contributed by atoms with van der Waals surface area (Å²) >= 11 is 6.08. The van der Waals surface area contributed by atoms with Crippen LogP contribution in [-0.2, 0) is 0 Å². The predicted molar refractivity (Wildman–Crippen MR) is 88.9 cm³/mol. The number of carbonyl (C=O) groups is 1. The molecule has 2 N–H and O–H groups in total. The van der Waals surface area contributed by atoms with E-state index < -0.39 is 0 Å². The van der Waals surface area contributed by atoms with Gasteiger partial charge in [-0.2, -0.15) is 0 Å². The summed E-state index contributed by atoms with van der Waals surface area (Å²) in [6.45, 7) is 12.2. The van der Waals surface area contributed by atoms with E-state index in [-0.39, 0.29) is 17.4 Å². The van der Waals surface area contributed by atoms with Crippen LogP contribution in [0.25, 0.3) is 0 Å². The highest BCUT2D eigenvalue weighted by Gasteiger charge is 2.26. The number of nitrogens with zero attached hydrogens (tertiary/aromatic N) is 2. The molecule has 1 amide bonds. The van der Waals surface area contributed by atoms with Crippen LogP contribution in [0.5, 0.6) is 0 Å². The van der Waals surface area contributed by atoms with Crippen molar-refractivity contribution in [3.8, 4) is 0 Å². The summed E-state index contributed by atoms with van der Waals surface area (Å²) < 4.78 is 1.93. The minimum absolute atomic E-state index is 0.0268. The highest BCUT2D eigenvalue weighted by Crippen LogP contribution is 2.22. The minimum atomic E-state index is -0.0934. The lowest BCUT2D eigenvalue weighted by Gasteiger charge is -2.32. The number of rotatable bonds is 7. The first kappa shape index (κ1) is 18.1. The Morgan fingerprint density at radius 3 is 2.57 bits per heavy atom. The molecule has 0 bridgehead atoms. The van der Waals surface area contributed by atoms with Crippen molar-refractivity contribution in [2.45, 2.75) is 47.1 Å². The highest BCUT2D eigenvalue weighted by atomic mass is 35.5. The molecule has 0 aliphatic rings. The van der Waals surface area contributed by atoms with E-state index in [9.17, 15) is 4.79 Å². The minimum Gasteiger partial charge on any atom is -0.339 e. The summed E-state index contributed by atoms with van der Waals surface area (Å²) in [5.74, 6) is 0.0268. The lowest BCUT2D eigenvalue weighted by Crippen LogP contribution is -2.43. The summed E-state index contributed by atoms with van der Waals surface area (Å²) in [7, 11) is 0. The third kappa shape index (κ3) is 4.75. The fourth-order valence-corrected chi connectivity index (χ4v) is 2.52. The Bertz CT molecular complexity index is 480. The second-order valence-corrected chi connectivity index (χ2v) is 7.08. The number of aromatic nitrogens is 1. The Balaban J connectivity index is 3.06. The lowest BCUT2D eigenvalue weighted by molar-refractivity contribution is 0.0677. The number of halogens is 1. The van der Waals surface area contributed by atoms with Crippen LogP contribution < -0.4 is 5.73 Å². The van der Waals surface area contributed by atoms with Gasteiger partial charge in [0.1, 0.15) is 5.69 Å². The number of hydrogen-bond donors (Lipinski definition) is 1. The fraction of sp³-hybridized carbons (Fsp3) is 0.688. The second-order valence-electron chi connectivity index (χ2n) is 6.64. The van der Waals surface area contributed by atoms with E-state index >= 15 is 0 Å². The average Bonchev–Trinajstić information content (AvgIpc) is 2.79. The van der Waals surface area contributed by atoms with E-state index in [2.05, 4.69) is 20.8 Å². The molecule has 4 nitrogen and oxygen atoms in total. The summed E-state index contributed by atoms with van der Waals surface area (Å²) in [5, 5.41) is 0.599. The van der Waals surface area contributed by atoms with Gasteiger partial charge < -0.3 is 15.2 Å². The Hall–Kier alpha value is -1.00. The maximum Gasteiger partial charge on any atom is 0.270 e. The van der Waals surface area contributed by atoms with Crippen molar-refractivity contribution < 1.29 is 4.79 Å². The van der Waals surface area contributed by atoms with Crippen LogP contribution in [0.2, 0.25) is 5.02 Å². The standard InChI is InChI=1S/C16H28ClN3O/c1-6-7-19(11-16(4,5)10-18)15(21)14-8-13(17)9-20(14)12(2)3/h8-9,12H,6-7,10-11,18H2,1-5H3. The van der Waals surface area contributed by atoms with Crippen molar-refractivity contribution in [2.75, 3.05) is 19.6 Å². The summed E-state index contributed by atoms with van der Waals surface area (Å²) in [4.78, 5) is 14.8. The van der Waals surface area contributed by atoms with Crippen LogP contribution in [0.1, 0.15) is 57.6 Å². The maximum absolute atomic E-state index is 12.9. The van der Waals surface area contributed by atoms with Crippen LogP contribution in [0.15, 0.2) is 12.3 Å². The van der Waals surface area contributed by atoms with E-state index in [4.69, 9.17) is 17.3 Å². The largest absolute Gasteiger partial charge is 0.339 e. The van der Waals surface area contributed by atoms with Crippen LogP contribution in [0, 0.1) is 5.41 Å². The van der Waals surface area contributed by atoms with Crippen molar-refractivity contribution in [3.05, 3.63) is 23.0 Å². The number of amides is 1. The maximum atomic E-state index is 12.9. The molecular formula is C16H28ClN3O. The third-order valence-electron chi connectivity index (χ3n) is 3.54. The van der Waals surface area contributed by atoms with Crippen LogP contribution in [0.3, 0.4) is 0 Å².